The first-order valence-corrected chi connectivity index (χ1v) is 6.77. The van der Waals surface area contributed by atoms with E-state index in [4.69, 9.17) is 10.2 Å². The van der Waals surface area contributed by atoms with Crippen molar-refractivity contribution < 1.29 is 30.6 Å². The van der Waals surface area contributed by atoms with Crippen molar-refractivity contribution in [1.29, 1.82) is 0 Å². The van der Waals surface area contributed by atoms with Gasteiger partial charge in [-0.1, -0.05) is 13.8 Å². The molecule has 0 spiro atoms. The van der Waals surface area contributed by atoms with Crippen molar-refractivity contribution in [2.75, 3.05) is 13.2 Å². The average molecular weight is 280 g/mol. The summed E-state index contributed by atoms with van der Waals surface area (Å²) in [5, 5.41) is 56.5. The van der Waals surface area contributed by atoms with Gasteiger partial charge >= 0.3 is 0 Å². The van der Waals surface area contributed by atoms with Crippen molar-refractivity contribution in [3.8, 4) is 0 Å². The first-order chi connectivity index (χ1) is 8.83. The minimum Gasteiger partial charge on any atom is -0.396 e. The number of hydrogen-bond acceptors (Lipinski definition) is 6. The highest BCUT2D eigenvalue weighted by atomic mass is 16.3. The quantitative estimate of drug-likeness (QED) is 0.301. The molecule has 0 aromatic carbocycles. The Hall–Kier alpha value is -0.240. The first kappa shape index (κ1) is 18.8. The number of rotatable bonds is 10. The number of hydrogen-bond donors (Lipinski definition) is 6. The Labute approximate surface area is 114 Å². The summed E-state index contributed by atoms with van der Waals surface area (Å²) in [6.45, 7) is 2.98. The largest absolute Gasteiger partial charge is 0.396 e. The van der Waals surface area contributed by atoms with Crippen LogP contribution in [-0.4, -0.2) is 68.3 Å². The van der Waals surface area contributed by atoms with Crippen LogP contribution in [0.25, 0.3) is 0 Å². The van der Waals surface area contributed by atoms with Gasteiger partial charge in [-0.2, -0.15) is 0 Å². The Morgan fingerprint density at radius 1 is 0.789 bits per heavy atom. The highest BCUT2D eigenvalue weighted by Gasteiger charge is 2.27. The molecule has 0 bridgehead atoms. The molecule has 0 aliphatic carbocycles. The topological polar surface area (TPSA) is 121 Å². The Morgan fingerprint density at radius 2 is 1.32 bits per heavy atom. The Morgan fingerprint density at radius 3 is 1.79 bits per heavy atom. The average Bonchev–Trinajstić information content (AvgIpc) is 2.36. The van der Waals surface area contributed by atoms with Crippen molar-refractivity contribution in [1.82, 2.24) is 0 Å². The van der Waals surface area contributed by atoms with Crippen LogP contribution >= 0.6 is 0 Å². The van der Waals surface area contributed by atoms with Crippen LogP contribution in [0, 0.1) is 11.8 Å². The van der Waals surface area contributed by atoms with Crippen LogP contribution in [0.3, 0.4) is 0 Å². The molecular formula is C13H28O6. The molecule has 0 aliphatic rings. The van der Waals surface area contributed by atoms with Crippen molar-refractivity contribution in [3.05, 3.63) is 0 Å². The van der Waals surface area contributed by atoms with Gasteiger partial charge in [-0.05, 0) is 19.3 Å². The van der Waals surface area contributed by atoms with E-state index in [2.05, 4.69) is 0 Å². The van der Waals surface area contributed by atoms with E-state index in [1.807, 2.05) is 0 Å². The monoisotopic (exact) mass is 280 g/mol. The molecule has 0 saturated carbocycles. The molecule has 0 rings (SSSR count). The van der Waals surface area contributed by atoms with Gasteiger partial charge in [0.1, 0.15) is 0 Å². The molecule has 116 valence electrons. The summed E-state index contributed by atoms with van der Waals surface area (Å²) in [7, 11) is 0. The van der Waals surface area contributed by atoms with Gasteiger partial charge in [0.2, 0.25) is 0 Å². The molecule has 0 saturated heterocycles. The Balaban J connectivity index is 4.19. The van der Waals surface area contributed by atoms with Gasteiger partial charge in [-0.3, -0.25) is 0 Å². The van der Waals surface area contributed by atoms with Gasteiger partial charge in [0.25, 0.3) is 0 Å². The van der Waals surface area contributed by atoms with E-state index in [9.17, 15) is 20.4 Å². The summed E-state index contributed by atoms with van der Waals surface area (Å²) < 4.78 is 0. The summed E-state index contributed by atoms with van der Waals surface area (Å²) in [5.74, 6) is -0.840. The van der Waals surface area contributed by atoms with Crippen LogP contribution in [0.5, 0.6) is 0 Å². The van der Waals surface area contributed by atoms with Crippen LogP contribution in [-0.2, 0) is 0 Å². The first-order valence-electron chi connectivity index (χ1n) is 6.77. The van der Waals surface area contributed by atoms with Gasteiger partial charge in [0.05, 0.1) is 24.4 Å². The lowest BCUT2D eigenvalue weighted by Crippen LogP contribution is -2.36. The zero-order valence-electron chi connectivity index (χ0n) is 11.7. The van der Waals surface area contributed by atoms with Gasteiger partial charge in [-0.15, -0.1) is 0 Å². The SMILES string of the molecule is C[C@@H]([C@H](O)C[C@@H](O)CCO)[C@H](O)C[C@@H](O)[C@H](C)CO. The standard InChI is InChI=1S/C13H28O6/c1-8(7-15)11(17)6-13(19)9(2)12(18)5-10(16)3-4-14/h8-19H,3-7H2,1-2H3/t8-,9+,10+,11-,12-,13-/m1/s1. The van der Waals surface area contributed by atoms with E-state index < -0.39 is 30.3 Å². The lowest BCUT2D eigenvalue weighted by atomic mass is 9.88. The lowest BCUT2D eigenvalue weighted by molar-refractivity contribution is -0.0373. The van der Waals surface area contributed by atoms with Crippen LogP contribution < -0.4 is 0 Å². The summed E-state index contributed by atoms with van der Waals surface area (Å²) >= 11 is 0. The third-order valence-electron chi connectivity index (χ3n) is 3.62. The lowest BCUT2D eigenvalue weighted by Gasteiger charge is -2.28. The van der Waals surface area contributed by atoms with E-state index in [1.165, 1.54) is 0 Å². The molecule has 6 N–H and O–H groups in total. The van der Waals surface area contributed by atoms with E-state index in [0.717, 1.165) is 0 Å². The van der Waals surface area contributed by atoms with E-state index in [0.29, 0.717) is 0 Å². The van der Waals surface area contributed by atoms with Gasteiger partial charge in [-0.25, -0.2) is 0 Å². The molecular weight excluding hydrogens is 252 g/mol. The third kappa shape index (κ3) is 7.20. The fourth-order valence-electron chi connectivity index (χ4n) is 1.83. The normalized spacial score (nSPS) is 21.5. The van der Waals surface area contributed by atoms with E-state index in [-0.39, 0.29) is 38.4 Å². The molecule has 0 radical (unpaired) electrons. The van der Waals surface area contributed by atoms with Crippen molar-refractivity contribution >= 4 is 0 Å². The molecule has 0 aromatic rings. The van der Waals surface area contributed by atoms with E-state index >= 15 is 0 Å². The van der Waals surface area contributed by atoms with Gasteiger partial charge in [0.15, 0.2) is 0 Å². The van der Waals surface area contributed by atoms with Crippen LogP contribution in [0.1, 0.15) is 33.1 Å². The van der Waals surface area contributed by atoms with Crippen LogP contribution in [0.4, 0.5) is 0 Å². The zero-order chi connectivity index (χ0) is 15.0. The fraction of sp³-hybridized carbons (Fsp3) is 1.00. The van der Waals surface area contributed by atoms with Crippen molar-refractivity contribution in [2.45, 2.75) is 57.5 Å². The molecule has 0 aliphatic heterocycles. The second kappa shape index (κ2) is 9.63. The smallest absolute Gasteiger partial charge is 0.0615 e. The highest BCUT2D eigenvalue weighted by molar-refractivity contribution is 4.78. The molecule has 0 unspecified atom stereocenters. The molecule has 19 heavy (non-hydrogen) atoms. The number of aliphatic hydroxyl groups excluding tert-OH is 6. The summed E-state index contributed by atoms with van der Waals surface area (Å²) in [4.78, 5) is 0. The maximum Gasteiger partial charge on any atom is 0.0615 e. The molecule has 0 fully saturated rings. The fourth-order valence-corrected chi connectivity index (χ4v) is 1.83. The summed E-state index contributed by atoms with van der Waals surface area (Å²) in [6, 6.07) is 0. The second-order valence-electron chi connectivity index (χ2n) is 5.36. The molecule has 0 amide bonds. The predicted octanol–water partition coefficient (Wildman–Crippen LogP) is -1.14. The van der Waals surface area contributed by atoms with E-state index in [1.54, 1.807) is 13.8 Å². The maximum absolute atomic E-state index is 9.91. The number of aliphatic hydroxyl groups is 6. The molecule has 6 nitrogen and oxygen atoms in total. The van der Waals surface area contributed by atoms with Crippen molar-refractivity contribution in [3.63, 3.8) is 0 Å². The third-order valence-corrected chi connectivity index (χ3v) is 3.62. The maximum atomic E-state index is 9.91. The van der Waals surface area contributed by atoms with Crippen LogP contribution in [0.2, 0.25) is 0 Å². The highest BCUT2D eigenvalue weighted by Crippen LogP contribution is 2.20. The van der Waals surface area contributed by atoms with Gasteiger partial charge < -0.3 is 30.6 Å². The Bertz CT molecular complexity index is 225. The predicted molar refractivity (Wildman–Crippen MR) is 70.4 cm³/mol. The molecule has 6 atom stereocenters. The van der Waals surface area contributed by atoms with Crippen LogP contribution in [0.15, 0.2) is 0 Å². The summed E-state index contributed by atoms with van der Waals surface area (Å²) in [5.41, 5.74) is 0. The minimum absolute atomic E-state index is 0.0655. The second-order valence-corrected chi connectivity index (χ2v) is 5.36. The molecule has 0 heterocycles. The molecule has 0 aromatic heterocycles. The van der Waals surface area contributed by atoms with Gasteiger partial charge in [0, 0.05) is 25.0 Å². The minimum atomic E-state index is -0.916. The molecule has 6 heteroatoms. The van der Waals surface area contributed by atoms with Crippen molar-refractivity contribution in [2.24, 2.45) is 11.8 Å². The zero-order valence-corrected chi connectivity index (χ0v) is 11.7. The Kier molecular flexibility index (Phi) is 9.51. The summed E-state index contributed by atoms with van der Waals surface area (Å²) in [6.07, 6.45) is -3.15.